The lowest BCUT2D eigenvalue weighted by Gasteiger charge is -2.36. The number of nitrogens with one attached hydrogen (secondary N) is 1. The fraction of sp³-hybridized carbons (Fsp3) is 0.400. The number of rotatable bonds is 5. The third-order valence-electron chi connectivity index (χ3n) is 5.47. The number of urea groups is 1. The second-order valence-corrected chi connectivity index (χ2v) is 7.32. The number of methoxy groups -OCH3 is 1. The van der Waals surface area contributed by atoms with Crippen LogP contribution in [-0.4, -0.2) is 71.7 Å². The quantitative estimate of drug-likeness (QED) is 0.755. The lowest BCUT2D eigenvalue weighted by Crippen LogP contribution is -2.52. The third kappa shape index (κ3) is 3.61. The van der Waals surface area contributed by atoms with E-state index in [0.29, 0.717) is 30.4 Å². The van der Waals surface area contributed by atoms with Crippen molar-refractivity contribution in [2.75, 3.05) is 44.9 Å². The van der Waals surface area contributed by atoms with Gasteiger partial charge in [0.05, 0.1) is 13.8 Å². The van der Waals surface area contributed by atoms with Crippen LogP contribution >= 0.6 is 0 Å². The molecule has 29 heavy (non-hydrogen) atoms. The van der Waals surface area contributed by atoms with Gasteiger partial charge in [-0.15, -0.1) is 0 Å². The Hall–Kier alpha value is -3.20. The largest absolute Gasteiger partial charge is 0.497 e. The molecule has 1 aromatic heterocycles. The number of nitrogens with zero attached hydrogens (tertiary/aromatic N) is 5. The average molecular weight is 396 g/mol. The fourth-order valence-electron chi connectivity index (χ4n) is 3.70. The molecule has 1 N–H and O–H groups in total. The van der Waals surface area contributed by atoms with E-state index in [0.717, 1.165) is 13.1 Å². The van der Waals surface area contributed by atoms with Crippen LogP contribution in [0.1, 0.15) is 12.5 Å². The van der Waals surface area contributed by atoms with E-state index in [4.69, 9.17) is 4.74 Å². The van der Waals surface area contributed by atoms with Crippen LogP contribution in [0.25, 0.3) is 0 Å². The Balaban J connectivity index is 1.42. The van der Waals surface area contributed by atoms with Gasteiger partial charge in [-0.05, 0) is 30.7 Å². The number of ether oxygens (including phenoxy) is 1. The van der Waals surface area contributed by atoms with Crippen LogP contribution in [0, 0.1) is 0 Å². The van der Waals surface area contributed by atoms with Gasteiger partial charge in [-0.1, -0.05) is 12.1 Å². The van der Waals surface area contributed by atoms with Crippen molar-refractivity contribution in [2.45, 2.75) is 12.5 Å². The zero-order valence-corrected chi connectivity index (χ0v) is 16.5. The molecule has 152 valence electrons. The van der Waals surface area contributed by atoms with E-state index in [1.54, 1.807) is 38.6 Å². The van der Waals surface area contributed by atoms with Gasteiger partial charge in [0.25, 0.3) is 5.91 Å². The van der Waals surface area contributed by atoms with Crippen LogP contribution < -0.4 is 15.0 Å². The fourth-order valence-corrected chi connectivity index (χ4v) is 3.70. The molecule has 3 heterocycles. The topological polar surface area (TPSA) is 90.9 Å². The Morgan fingerprint density at radius 1 is 1.10 bits per heavy atom. The van der Waals surface area contributed by atoms with Crippen molar-refractivity contribution in [3.63, 3.8) is 0 Å². The summed E-state index contributed by atoms with van der Waals surface area (Å²) in [5.74, 6) is 1.08. The first-order valence-electron chi connectivity index (χ1n) is 9.54. The van der Waals surface area contributed by atoms with Gasteiger partial charge < -0.3 is 15.0 Å². The summed E-state index contributed by atoms with van der Waals surface area (Å²) in [6.07, 6.45) is 3.45. The highest BCUT2D eigenvalue weighted by atomic mass is 16.5. The van der Waals surface area contributed by atoms with E-state index in [2.05, 4.69) is 25.1 Å². The molecule has 0 radical (unpaired) electrons. The van der Waals surface area contributed by atoms with Gasteiger partial charge in [0, 0.05) is 38.6 Å². The van der Waals surface area contributed by atoms with Crippen LogP contribution in [0.15, 0.2) is 42.7 Å². The Kier molecular flexibility index (Phi) is 5.06. The minimum atomic E-state index is -1.11. The Morgan fingerprint density at radius 2 is 1.83 bits per heavy atom. The monoisotopic (exact) mass is 396 g/mol. The van der Waals surface area contributed by atoms with Gasteiger partial charge in [0.15, 0.2) is 0 Å². The van der Waals surface area contributed by atoms with E-state index in [9.17, 15) is 9.59 Å². The maximum Gasteiger partial charge on any atom is 0.326 e. The first kappa shape index (κ1) is 19.1. The van der Waals surface area contributed by atoms with Gasteiger partial charge in [0.1, 0.15) is 11.3 Å². The molecule has 2 fully saturated rings. The number of carbonyl (C=O) groups is 2. The highest BCUT2D eigenvalue weighted by Gasteiger charge is 2.49. The van der Waals surface area contributed by atoms with Crippen molar-refractivity contribution in [3.8, 4) is 5.75 Å². The summed E-state index contributed by atoms with van der Waals surface area (Å²) in [7, 11) is 1.57. The SMILES string of the molecule is COc1cccc([C@]2(C)NC(=O)N(CN3CCN(c4ncccn4)CC3)C2=O)c1. The number of piperazine rings is 1. The van der Waals surface area contributed by atoms with Crippen LogP contribution in [0.3, 0.4) is 0 Å². The molecule has 2 aliphatic heterocycles. The zero-order valence-electron chi connectivity index (χ0n) is 16.5. The lowest BCUT2D eigenvalue weighted by molar-refractivity contribution is -0.132. The van der Waals surface area contributed by atoms with Gasteiger partial charge in [-0.3, -0.25) is 9.69 Å². The molecule has 0 aliphatic carbocycles. The first-order valence-corrected chi connectivity index (χ1v) is 9.54. The van der Waals surface area contributed by atoms with Crippen molar-refractivity contribution in [2.24, 2.45) is 0 Å². The number of amides is 3. The van der Waals surface area contributed by atoms with Gasteiger partial charge in [-0.2, -0.15) is 0 Å². The predicted molar refractivity (Wildman–Crippen MR) is 106 cm³/mol. The molecule has 2 aromatic rings. The molecule has 0 saturated carbocycles. The Labute approximate surface area is 169 Å². The molecule has 3 amide bonds. The van der Waals surface area contributed by atoms with E-state index in [1.807, 2.05) is 18.2 Å². The second-order valence-electron chi connectivity index (χ2n) is 7.32. The molecule has 1 atom stereocenters. The molecular formula is C20H24N6O3. The van der Waals surface area contributed by atoms with Gasteiger partial charge in [0.2, 0.25) is 5.95 Å². The number of carbonyl (C=O) groups excluding carboxylic acids is 2. The molecule has 9 nitrogen and oxygen atoms in total. The van der Waals surface area contributed by atoms with E-state index < -0.39 is 5.54 Å². The summed E-state index contributed by atoms with van der Waals surface area (Å²) in [5, 5.41) is 2.85. The van der Waals surface area contributed by atoms with Gasteiger partial charge >= 0.3 is 6.03 Å². The number of hydrogen-bond donors (Lipinski definition) is 1. The van der Waals surface area contributed by atoms with Crippen LogP contribution in [0.5, 0.6) is 5.75 Å². The molecule has 1 aromatic carbocycles. The predicted octanol–water partition coefficient (Wildman–Crippen LogP) is 1.03. The lowest BCUT2D eigenvalue weighted by atomic mass is 9.92. The van der Waals surface area contributed by atoms with Crippen LogP contribution in [0.4, 0.5) is 10.7 Å². The first-order chi connectivity index (χ1) is 14.0. The minimum absolute atomic E-state index is 0.258. The van der Waals surface area contributed by atoms with E-state index in [1.165, 1.54) is 4.90 Å². The standard InChI is InChI=1S/C20H24N6O3/c1-20(15-5-3-6-16(13-15)29-2)17(27)26(19(28)23-20)14-24-9-11-25(12-10-24)18-21-7-4-8-22-18/h3-8,13H,9-12,14H2,1-2H3,(H,23,28)/t20-/m0/s1. The van der Waals surface area contributed by atoms with Crippen LogP contribution in [0.2, 0.25) is 0 Å². The second kappa shape index (κ2) is 7.67. The maximum absolute atomic E-state index is 13.1. The van der Waals surface area contributed by atoms with Gasteiger partial charge in [-0.25, -0.2) is 19.7 Å². The highest BCUT2D eigenvalue weighted by molar-refractivity contribution is 6.07. The zero-order chi connectivity index (χ0) is 20.4. The molecule has 4 rings (SSSR count). The number of anilines is 1. The molecule has 0 bridgehead atoms. The summed E-state index contributed by atoms with van der Waals surface area (Å²) < 4.78 is 5.26. The van der Waals surface area contributed by atoms with Crippen molar-refractivity contribution >= 4 is 17.9 Å². The molecule has 2 aliphatic rings. The number of hydrogen-bond acceptors (Lipinski definition) is 7. The minimum Gasteiger partial charge on any atom is -0.497 e. The summed E-state index contributed by atoms with van der Waals surface area (Å²) in [4.78, 5) is 39.8. The van der Waals surface area contributed by atoms with Crippen molar-refractivity contribution in [1.29, 1.82) is 0 Å². The number of imide groups is 1. The third-order valence-corrected chi connectivity index (χ3v) is 5.47. The average Bonchev–Trinajstić information content (AvgIpc) is 2.99. The Morgan fingerprint density at radius 3 is 2.52 bits per heavy atom. The summed E-state index contributed by atoms with van der Waals surface area (Å²) in [5.41, 5.74) is -0.408. The maximum atomic E-state index is 13.1. The molecule has 0 spiro atoms. The molecular weight excluding hydrogens is 372 g/mol. The summed E-state index contributed by atoms with van der Waals surface area (Å²) in [6, 6.07) is 8.63. The summed E-state index contributed by atoms with van der Waals surface area (Å²) in [6.45, 7) is 4.89. The van der Waals surface area contributed by atoms with Crippen molar-refractivity contribution < 1.29 is 14.3 Å². The molecule has 0 unspecified atom stereocenters. The number of aromatic nitrogens is 2. The Bertz CT molecular complexity index is 900. The normalized spacial score (nSPS) is 22.7. The van der Waals surface area contributed by atoms with E-state index in [-0.39, 0.29) is 18.6 Å². The number of benzene rings is 1. The summed E-state index contributed by atoms with van der Waals surface area (Å²) >= 11 is 0. The van der Waals surface area contributed by atoms with E-state index >= 15 is 0 Å². The van der Waals surface area contributed by atoms with Crippen molar-refractivity contribution in [3.05, 3.63) is 48.3 Å². The molecule has 9 heteroatoms. The smallest absolute Gasteiger partial charge is 0.326 e. The van der Waals surface area contributed by atoms with Crippen molar-refractivity contribution in [1.82, 2.24) is 25.1 Å². The highest BCUT2D eigenvalue weighted by Crippen LogP contribution is 2.31. The van der Waals surface area contributed by atoms with Crippen LogP contribution in [-0.2, 0) is 10.3 Å². The molecule has 2 saturated heterocycles.